The third-order valence-corrected chi connectivity index (χ3v) is 8.57. The molecule has 2 aliphatic carbocycles. The Morgan fingerprint density at radius 2 is 1.48 bits per heavy atom. The van der Waals surface area contributed by atoms with Crippen LogP contribution in [-0.4, -0.2) is 61.2 Å². The molecular weight excluding hydrogens is 617 g/mol. The summed E-state index contributed by atoms with van der Waals surface area (Å²) in [4.78, 5) is 42.9. The molecule has 0 aliphatic heterocycles. The highest BCUT2D eigenvalue weighted by atomic mass is 35.5. The van der Waals surface area contributed by atoms with Gasteiger partial charge in [0.15, 0.2) is 11.5 Å². The van der Waals surface area contributed by atoms with E-state index in [0.29, 0.717) is 4.68 Å². The lowest BCUT2D eigenvalue weighted by atomic mass is 9.84. The molecule has 2 aromatic heterocycles. The summed E-state index contributed by atoms with van der Waals surface area (Å²) in [5, 5.41) is 12.7. The maximum absolute atomic E-state index is 14.4. The molecule has 16 heteroatoms. The number of aliphatic carboxylic acids is 1. The van der Waals surface area contributed by atoms with E-state index >= 15 is 0 Å². The Kier molecular flexibility index (Phi) is 9.46. The smallest absolute Gasteiger partial charge is 0.433 e. The fourth-order valence-corrected chi connectivity index (χ4v) is 6.37. The molecular formula is C26H26Cl2F6N4O4. The normalized spacial score (nSPS) is 23.4. The molecule has 0 unspecified atom stereocenters. The number of Topliss-reactive ketones (excluding diaryl/α,β-unsaturated/α-hetero) is 1. The molecule has 8 nitrogen and oxygen atoms in total. The van der Waals surface area contributed by atoms with Gasteiger partial charge in [0.2, 0.25) is 0 Å². The number of alkyl halides is 6. The molecule has 2 saturated carbocycles. The number of amides is 1. The van der Waals surface area contributed by atoms with Gasteiger partial charge in [-0.2, -0.15) is 31.4 Å². The van der Waals surface area contributed by atoms with Gasteiger partial charge in [0, 0.05) is 18.4 Å². The lowest BCUT2D eigenvalue weighted by molar-refractivity contribution is -0.183. The van der Waals surface area contributed by atoms with Crippen LogP contribution in [0.2, 0.25) is 10.0 Å². The van der Waals surface area contributed by atoms with Crippen LogP contribution in [0.3, 0.4) is 0 Å². The Morgan fingerprint density at radius 1 is 0.905 bits per heavy atom. The molecule has 2 fully saturated rings. The van der Waals surface area contributed by atoms with Crippen LogP contribution in [0.4, 0.5) is 26.3 Å². The molecule has 2 aliphatic rings. The number of rotatable bonds is 7. The molecule has 2 aromatic rings. The molecule has 0 atom stereocenters. The topological polar surface area (TPSA) is 105 Å². The standard InChI is InChI=1S/C26H26Cl2F6N4O4/c27-18-10-35-11-19(28)21(18)20(39)12-37(15-7-3-14(4-8-15)25(29,30)31)23(40)17-9-36-38(22(17)26(32,33)34)16-5-1-13(2-6-16)24(41)42/h9-11,13-16H,1-8,12H2,(H,41,42)/t13-,14-,15-,16-. The van der Waals surface area contributed by atoms with Crippen LogP contribution in [0, 0.1) is 11.8 Å². The summed E-state index contributed by atoms with van der Waals surface area (Å²) in [6.45, 7) is -0.796. The maximum atomic E-state index is 14.4. The Morgan fingerprint density at radius 3 is 1.98 bits per heavy atom. The van der Waals surface area contributed by atoms with E-state index in [2.05, 4.69) is 10.1 Å². The number of ketones is 1. The van der Waals surface area contributed by atoms with Crippen molar-refractivity contribution < 1.29 is 45.8 Å². The zero-order valence-electron chi connectivity index (χ0n) is 21.9. The van der Waals surface area contributed by atoms with E-state index in [4.69, 9.17) is 23.2 Å². The molecule has 0 aromatic carbocycles. The van der Waals surface area contributed by atoms with Crippen LogP contribution in [0.15, 0.2) is 18.6 Å². The number of carboxylic acid groups (broad SMARTS) is 1. The van der Waals surface area contributed by atoms with Gasteiger partial charge in [0.1, 0.15) is 0 Å². The van der Waals surface area contributed by atoms with Crippen LogP contribution < -0.4 is 0 Å². The lowest BCUT2D eigenvalue weighted by Gasteiger charge is -2.37. The molecule has 0 saturated heterocycles. The summed E-state index contributed by atoms with van der Waals surface area (Å²) >= 11 is 12.1. The summed E-state index contributed by atoms with van der Waals surface area (Å²) in [6, 6.07) is -1.81. The largest absolute Gasteiger partial charge is 0.481 e. The van der Waals surface area contributed by atoms with Gasteiger partial charge in [-0.25, -0.2) is 0 Å². The van der Waals surface area contributed by atoms with E-state index in [1.807, 2.05) is 0 Å². The van der Waals surface area contributed by atoms with Gasteiger partial charge in [-0.3, -0.25) is 24.0 Å². The SMILES string of the molecule is O=C(CN(C(=O)c1cnn([C@H]2CC[C@H](C(=O)O)CC2)c1C(F)(F)F)[C@H]1CC[C@H](C(F)(F)F)CC1)c1c(Cl)cncc1Cl. The minimum Gasteiger partial charge on any atom is -0.481 e. The van der Waals surface area contributed by atoms with Crippen molar-refractivity contribution in [2.24, 2.45) is 11.8 Å². The number of hydrogen-bond acceptors (Lipinski definition) is 5. The van der Waals surface area contributed by atoms with Crippen molar-refractivity contribution in [2.45, 2.75) is 75.8 Å². The van der Waals surface area contributed by atoms with Crippen LogP contribution in [0.5, 0.6) is 0 Å². The highest BCUT2D eigenvalue weighted by Gasteiger charge is 2.46. The van der Waals surface area contributed by atoms with Gasteiger partial charge >= 0.3 is 18.3 Å². The molecule has 1 N–H and O–H groups in total. The molecule has 1 amide bonds. The Balaban J connectivity index is 1.69. The number of nitrogens with zero attached hydrogens (tertiary/aromatic N) is 4. The van der Waals surface area contributed by atoms with Crippen LogP contribution in [-0.2, 0) is 11.0 Å². The first-order chi connectivity index (χ1) is 19.6. The Bertz CT molecular complexity index is 1310. The number of carboxylic acids is 1. The van der Waals surface area contributed by atoms with Gasteiger partial charge in [-0.15, -0.1) is 0 Å². The first kappa shape index (κ1) is 32.1. The second-order valence-corrected chi connectivity index (χ2v) is 11.4. The second-order valence-electron chi connectivity index (χ2n) is 10.6. The zero-order chi connectivity index (χ0) is 31.0. The van der Waals surface area contributed by atoms with Crippen molar-refractivity contribution in [2.75, 3.05) is 6.54 Å². The van der Waals surface area contributed by atoms with E-state index in [0.717, 1.165) is 23.5 Å². The van der Waals surface area contributed by atoms with Crippen molar-refractivity contribution in [3.63, 3.8) is 0 Å². The Labute approximate surface area is 246 Å². The van der Waals surface area contributed by atoms with Crippen LogP contribution >= 0.6 is 23.2 Å². The van der Waals surface area contributed by atoms with Gasteiger partial charge < -0.3 is 10.0 Å². The number of aromatic nitrogens is 3. The highest BCUT2D eigenvalue weighted by Crippen LogP contribution is 2.42. The molecule has 2 heterocycles. The third-order valence-electron chi connectivity index (χ3n) is 7.99. The zero-order valence-corrected chi connectivity index (χ0v) is 23.4. The lowest BCUT2D eigenvalue weighted by Crippen LogP contribution is -2.46. The number of carbonyl (C=O) groups excluding carboxylic acids is 2. The number of hydrogen-bond donors (Lipinski definition) is 1. The molecule has 0 radical (unpaired) electrons. The van der Waals surface area contributed by atoms with E-state index in [-0.39, 0.29) is 67.0 Å². The van der Waals surface area contributed by atoms with Crippen LogP contribution in [0.25, 0.3) is 0 Å². The summed E-state index contributed by atoms with van der Waals surface area (Å²) in [6.07, 6.45) is -7.31. The van der Waals surface area contributed by atoms with E-state index < -0.39 is 71.7 Å². The van der Waals surface area contributed by atoms with Gasteiger partial charge in [-0.05, 0) is 51.4 Å². The predicted octanol–water partition coefficient (Wildman–Crippen LogP) is 6.87. The number of carbonyl (C=O) groups is 3. The van der Waals surface area contributed by atoms with Crippen molar-refractivity contribution in [1.29, 1.82) is 0 Å². The summed E-state index contributed by atoms with van der Waals surface area (Å²) in [5.41, 5.74) is -2.45. The first-order valence-corrected chi connectivity index (χ1v) is 13.9. The van der Waals surface area contributed by atoms with Crippen molar-refractivity contribution in [3.05, 3.63) is 45.5 Å². The summed E-state index contributed by atoms with van der Waals surface area (Å²) < 4.78 is 83.9. The average Bonchev–Trinajstić information content (AvgIpc) is 3.37. The minimum absolute atomic E-state index is 0.0814. The minimum atomic E-state index is -5.06. The molecule has 4 rings (SSSR count). The second kappa shape index (κ2) is 12.4. The molecule has 42 heavy (non-hydrogen) atoms. The first-order valence-electron chi connectivity index (χ1n) is 13.2. The molecule has 0 spiro atoms. The highest BCUT2D eigenvalue weighted by molar-refractivity contribution is 6.39. The Hall–Kier alpha value is -2.87. The van der Waals surface area contributed by atoms with Crippen molar-refractivity contribution in [3.8, 4) is 0 Å². The number of pyridine rings is 1. The van der Waals surface area contributed by atoms with Gasteiger partial charge in [0.25, 0.3) is 5.91 Å². The maximum Gasteiger partial charge on any atom is 0.433 e. The van der Waals surface area contributed by atoms with Gasteiger partial charge in [0.05, 0.1) is 51.8 Å². The average molecular weight is 643 g/mol. The fraction of sp³-hybridized carbons (Fsp3) is 0.577. The van der Waals surface area contributed by atoms with Crippen molar-refractivity contribution in [1.82, 2.24) is 19.7 Å². The van der Waals surface area contributed by atoms with Crippen molar-refractivity contribution >= 4 is 40.9 Å². The van der Waals surface area contributed by atoms with E-state index in [1.165, 1.54) is 0 Å². The number of halogens is 8. The van der Waals surface area contributed by atoms with E-state index in [9.17, 15) is 45.8 Å². The van der Waals surface area contributed by atoms with Crippen LogP contribution in [0.1, 0.15) is 83.8 Å². The molecule has 230 valence electrons. The quantitative estimate of drug-likeness (QED) is 0.261. The third kappa shape index (κ3) is 6.85. The molecule has 0 bridgehead atoms. The fourth-order valence-electron chi connectivity index (χ4n) is 5.79. The summed E-state index contributed by atoms with van der Waals surface area (Å²) in [5.74, 6) is -5.44. The van der Waals surface area contributed by atoms with Gasteiger partial charge in [-0.1, -0.05) is 23.2 Å². The predicted molar refractivity (Wildman–Crippen MR) is 137 cm³/mol. The summed E-state index contributed by atoms with van der Waals surface area (Å²) in [7, 11) is 0. The monoisotopic (exact) mass is 642 g/mol. The van der Waals surface area contributed by atoms with E-state index in [1.54, 1.807) is 0 Å².